The topological polar surface area (TPSA) is 74.5 Å². The van der Waals surface area contributed by atoms with Gasteiger partial charge in [0.2, 0.25) is 11.8 Å². The van der Waals surface area contributed by atoms with Crippen molar-refractivity contribution in [2.24, 2.45) is 0 Å². The standard InChI is InChI=1S/C19H21N2O4P/c1-3-23-26(22,24-4-2)14-15-10-12-17(13-11-15)19-21-20-18(25-19)16-8-6-5-7-9-16/h5-13H,3-4,14H2,1-2H3. The van der Waals surface area contributed by atoms with Crippen LogP contribution in [-0.2, 0) is 19.8 Å². The first kappa shape index (κ1) is 18.5. The number of rotatable bonds is 8. The molecule has 3 aromatic rings. The van der Waals surface area contributed by atoms with Gasteiger partial charge in [0.05, 0.1) is 19.4 Å². The first-order chi connectivity index (χ1) is 12.6. The molecule has 1 aromatic heterocycles. The van der Waals surface area contributed by atoms with Crippen LogP contribution in [0.3, 0.4) is 0 Å². The molecule has 0 radical (unpaired) electrons. The molecule has 0 fully saturated rings. The van der Waals surface area contributed by atoms with Crippen LogP contribution in [0.25, 0.3) is 22.9 Å². The molecular formula is C19H21N2O4P. The van der Waals surface area contributed by atoms with Crippen molar-refractivity contribution in [3.63, 3.8) is 0 Å². The zero-order valence-corrected chi connectivity index (χ0v) is 15.7. The summed E-state index contributed by atoms with van der Waals surface area (Å²) in [4.78, 5) is 0. The van der Waals surface area contributed by atoms with Crippen molar-refractivity contribution in [3.8, 4) is 22.9 Å². The first-order valence-electron chi connectivity index (χ1n) is 8.50. The van der Waals surface area contributed by atoms with Crippen LogP contribution in [0, 0.1) is 0 Å². The summed E-state index contributed by atoms with van der Waals surface area (Å²) in [7, 11) is -3.12. The molecule has 0 spiro atoms. The predicted molar refractivity (Wildman–Crippen MR) is 99.7 cm³/mol. The summed E-state index contributed by atoms with van der Waals surface area (Å²) < 4.78 is 29.0. The Morgan fingerprint density at radius 1 is 0.846 bits per heavy atom. The Kier molecular flexibility index (Phi) is 5.99. The second-order valence-electron chi connectivity index (χ2n) is 5.58. The lowest BCUT2D eigenvalue weighted by Gasteiger charge is -2.16. The molecule has 6 nitrogen and oxygen atoms in total. The number of aromatic nitrogens is 2. The zero-order chi connectivity index (χ0) is 18.4. The van der Waals surface area contributed by atoms with Gasteiger partial charge in [-0.2, -0.15) is 0 Å². The SMILES string of the molecule is CCOP(=O)(Cc1ccc(-c2nnc(-c3ccccc3)o2)cc1)OCC. The van der Waals surface area contributed by atoms with E-state index in [1.165, 1.54) is 0 Å². The number of hydrogen-bond donors (Lipinski definition) is 0. The van der Waals surface area contributed by atoms with Gasteiger partial charge in [-0.1, -0.05) is 30.3 Å². The van der Waals surface area contributed by atoms with Crippen LogP contribution in [0.4, 0.5) is 0 Å². The molecule has 0 saturated carbocycles. The highest BCUT2D eigenvalue weighted by molar-refractivity contribution is 7.53. The third kappa shape index (κ3) is 4.47. The second kappa shape index (κ2) is 8.41. The summed E-state index contributed by atoms with van der Waals surface area (Å²) in [5, 5.41) is 8.20. The van der Waals surface area contributed by atoms with Crippen molar-refractivity contribution in [2.45, 2.75) is 20.0 Å². The fourth-order valence-corrected chi connectivity index (χ4v) is 4.24. The molecule has 0 unspecified atom stereocenters. The monoisotopic (exact) mass is 372 g/mol. The van der Waals surface area contributed by atoms with Crippen molar-refractivity contribution in [1.82, 2.24) is 10.2 Å². The third-order valence-corrected chi connectivity index (χ3v) is 5.73. The van der Waals surface area contributed by atoms with E-state index < -0.39 is 7.60 Å². The average Bonchev–Trinajstić information content (AvgIpc) is 3.13. The number of hydrogen-bond acceptors (Lipinski definition) is 6. The Morgan fingerprint density at radius 3 is 1.92 bits per heavy atom. The van der Waals surface area contributed by atoms with E-state index in [1.807, 2.05) is 54.6 Å². The molecule has 0 amide bonds. The van der Waals surface area contributed by atoms with Crippen molar-refractivity contribution in [1.29, 1.82) is 0 Å². The molecule has 7 heteroatoms. The maximum absolute atomic E-state index is 12.6. The first-order valence-corrected chi connectivity index (χ1v) is 10.2. The molecule has 0 aliphatic rings. The van der Waals surface area contributed by atoms with E-state index in [2.05, 4.69) is 10.2 Å². The van der Waals surface area contributed by atoms with Crippen molar-refractivity contribution in [3.05, 3.63) is 60.2 Å². The maximum Gasteiger partial charge on any atom is 0.335 e. The summed E-state index contributed by atoms with van der Waals surface area (Å²) in [6.07, 6.45) is 0.230. The lowest BCUT2D eigenvalue weighted by atomic mass is 10.1. The molecule has 0 atom stereocenters. The Hall–Kier alpha value is -2.27. The van der Waals surface area contributed by atoms with Crippen LogP contribution in [0.2, 0.25) is 0 Å². The highest BCUT2D eigenvalue weighted by Gasteiger charge is 2.24. The van der Waals surface area contributed by atoms with Gasteiger partial charge in [-0.05, 0) is 43.7 Å². The lowest BCUT2D eigenvalue weighted by molar-refractivity contribution is 0.219. The maximum atomic E-state index is 12.6. The van der Waals surface area contributed by atoms with E-state index in [4.69, 9.17) is 13.5 Å². The Balaban J connectivity index is 1.76. The van der Waals surface area contributed by atoms with Crippen molar-refractivity contribution in [2.75, 3.05) is 13.2 Å². The van der Waals surface area contributed by atoms with Gasteiger partial charge in [0, 0.05) is 11.1 Å². The second-order valence-corrected chi connectivity index (χ2v) is 7.63. The molecule has 2 aromatic carbocycles. The van der Waals surface area contributed by atoms with E-state index in [1.54, 1.807) is 13.8 Å². The van der Waals surface area contributed by atoms with E-state index >= 15 is 0 Å². The number of benzene rings is 2. The largest absolute Gasteiger partial charge is 0.416 e. The average molecular weight is 372 g/mol. The molecule has 26 heavy (non-hydrogen) atoms. The predicted octanol–water partition coefficient (Wildman–Crippen LogP) is 5.17. The minimum absolute atomic E-state index is 0.230. The minimum Gasteiger partial charge on any atom is -0.416 e. The smallest absolute Gasteiger partial charge is 0.335 e. The molecule has 0 aliphatic heterocycles. The Bertz CT molecular complexity index is 868. The van der Waals surface area contributed by atoms with Crippen LogP contribution in [0.1, 0.15) is 19.4 Å². The molecule has 0 N–H and O–H groups in total. The molecule has 3 rings (SSSR count). The normalized spacial score (nSPS) is 11.6. The van der Waals surface area contributed by atoms with Gasteiger partial charge in [-0.15, -0.1) is 10.2 Å². The van der Waals surface area contributed by atoms with Gasteiger partial charge in [0.1, 0.15) is 0 Å². The van der Waals surface area contributed by atoms with E-state index in [-0.39, 0.29) is 6.16 Å². The summed E-state index contributed by atoms with van der Waals surface area (Å²) >= 11 is 0. The quantitative estimate of drug-likeness (QED) is 0.508. The Morgan fingerprint density at radius 2 is 1.38 bits per heavy atom. The fraction of sp³-hybridized carbons (Fsp3) is 0.263. The van der Waals surface area contributed by atoms with Gasteiger partial charge in [0.25, 0.3) is 0 Å². The van der Waals surface area contributed by atoms with Gasteiger partial charge >= 0.3 is 7.60 Å². The van der Waals surface area contributed by atoms with Crippen molar-refractivity contribution >= 4 is 7.60 Å². The molecule has 136 valence electrons. The van der Waals surface area contributed by atoms with Crippen LogP contribution in [-0.4, -0.2) is 23.4 Å². The highest BCUT2D eigenvalue weighted by Crippen LogP contribution is 2.51. The summed E-state index contributed by atoms with van der Waals surface area (Å²) in [5.41, 5.74) is 2.53. The molecule has 0 aliphatic carbocycles. The van der Waals surface area contributed by atoms with Gasteiger partial charge in [-0.25, -0.2) is 0 Å². The minimum atomic E-state index is -3.12. The lowest BCUT2D eigenvalue weighted by Crippen LogP contribution is -1.99. The molecule has 0 bridgehead atoms. The third-order valence-electron chi connectivity index (χ3n) is 3.67. The van der Waals surface area contributed by atoms with Crippen LogP contribution >= 0.6 is 7.60 Å². The zero-order valence-electron chi connectivity index (χ0n) is 14.8. The highest BCUT2D eigenvalue weighted by atomic mass is 31.2. The molecule has 1 heterocycles. The number of nitrogens with zero attached hydrogens (tertiary/aromatic N) is 2. The summed E-state index contributed by atoms with van der Waals surface area (Å²) in [6.45, 7) is 4.29. The van der Waals surface area contributed by atoms with E-state index in [0.29, 0.717) is 25.0 Å². The van der Waals surface area contributed by atoms with Crippen LogP contribution < -0.4 is 0 Å². The van der Waals surface area contributed by atoms with Gasteiger partial charge in [0.15, 0.2) is 0 Å². The van der Waals surface area contributed by atoms with Crippen LogP contribution in [0.15, 0.2) is 59.0 Å². The molecule has 0 saturated heterocycles. The van der Waals surface area contributed by atoms with E-state index in [0.717, 1.165) is 16.7 Å². The fourth-order valence-electron chi connectivity index (χ4n) is 2.54. The van der Waals surface area contributed by atoms with Gasteiger partial charge in [-0.3, -0.25) is 4.57 Å². The van der Waals surface area contributed by atoms with Gasteiger partial charge < -0.3 is 13.5 Å². The van der Waals surface area contributed by atoms with Crippen LogP contribution in [0.5, 0.6) is 0 Å². The van der Waals surface area contributed by atoms with Crippen molar-refractivity contribution < 1.29 is 18.0 Å². The summed E-state index contributed by atoms with van der Waals surface area (Å²) in [5.74, 6) is 0.912. The Labute approximate surface area is 152 Å². The molecular weight excluding hydrogens is 351 g/mol. The summed E-state index contributed by atoms with van der Waals surface area (Å²) in [6, 6.07) is 17.1. The van der Waals surface area contributed by atoms with E-state index in [9.17, 15) is 4.57 Å².